The van der Waals surface area contributed by atoms with Crippen LogP contribution in [0.5, 0.6) is 11.5 Å². The normalized spacial score (nSPS) is 11.2. The van der Waals surface area contributed by atoms with Crippen LogP contribution >= 0.6 is 0 Å². The number of pyridine rings is 1. The van der Waals surface area contributed by atoms with Crippen LogP contribution < -0.4 is 15.4 Å². The Hall–Kier alpha value is -3.89. The van der Waals surface area contributed by atoms with Gasteiger partial charge in [0.15, 0.2) is 0 Å². The fourth-order valence-electron chi connectivity index (χ4n) is 2.97. The monoisotopic (exact) mass is 416 g/mol. The van der Waals surface area contributed by atoms with Gasteiger partial charge in [0.2, 0.25) is 6.41 Å². The highest BCUT2D eigenvalue weighted by Crippen LogP contribution is 2.25. The van der Waals surface area contributed by atoms with Crippen molar-refractivity contribution in [3.8, 4) is 17.6 Å². The first kappa shape index (κ1) is 21.8. The Labute approximate surface area is 181 Å². The summed E-state index contributed by atoms with van der Waals surface area (Å²) in [7, 11) is 0. The molecule has 1 amide bonds. The van der Waals surface area contributed by atoms with Crippen molar-refractivity contribution in [2.75, 3.05) is 18.5 Å². The molecule has 0 aliphatic rings. The number of ether oxygens (including phenoxy) is 2. The van der Waals surface area contributed by atoms with Crippen LogP contribution in [0.3, 0.4) is 0 Å². The van der Waals surface area contributed by atoms with Gasteiger partial charge in [0, 0.05) is 18.5 Å². The molecule has 2 aromatic carbocycles. The fourth-order valence-corrected chi connectivity index (χ4v) is 2.97. The van der Waals surface area contributed by atoms with Crippen molar-refractivity contribution >= 4 is 17.9 Å². The highest BCUT2D eigenvalue weighted by Gasteiger charge is 2.09. The van der Waals surface area contributed by atoms with Crippen molar-refractivity contribution in [2.45, 2.75) is 19.4 Å². The van der Waals surface area contributed by atoms with Gasteiger partial charge in [-0.3, -0.25) is 4.79 Å². The van der Waals surface area contributed by atoms with Gasteiger partial charge in [-0.15, -0.1) is 0 Å². The lowest BCUT2D eigenvalue weighted by atomic mass is 10.1. The molecule has 0 aliphatic carbocycles. The number of nitriles is 1. The van der Waals surface area contributed by atoms with E-state index in [1.165, 1.54) is 0 Å². The topological polar surface area (TPSA) is 96.3 Å². The molecular formula is C24H24N4O3. The largest absolute Gasteiger partial charge is 0.457 e. The highest BCUT2D eigenvalue weighted by atomic mass is 16.5. The second-order valence-corrected chi connectivity index (χ2v) is 6.75. The van der Waals surface area contributed by atoms with Crippen LogP contribution in [-0.4, -0.2) is 30.6 Å². The summed E-state index contributed by atoms with van der Waals surface area (Å²) in [4.78, 5) is 15.0. The number of carbonyl (C=O) groups is 1. The van der Waals surface area contributed by atoms with Crippen LogP contribution in [0.4, 0.5) is 11.5 Å². The molecule has 0 aliphatic heterocycles. The summed E-state index contributed by atoms with van der Waals surface area (Å²) in [6.45, 7) is 3.01. The molecule has 0 spiro atoms. The van der Waals surface area contributed by atoms with Crippen LogP contribution in [0, 0.1) is 11.3 Å². The predicted molar refractivity (Wildman–Crippen MR) is 118 cm³/mol. The number of hydrogen-bond donors (Lipinski definition) is 2. The van der Waals surface area contributed by atoms with Crippen molar-refractivity contribution in [1.29, 1.82) is 5.26 Å². The summed E-state index contributed by atoms with van der Waals surface area (Å²) in [5.41, 5.74) is 2.37. The van der Waals surface area contributed by atoms with Crippen LogP contribution in [-0.2, 0) is 16.0 Å². The smallest absolute Gasteiger partial charge is 0.207 e. The first-order valence-corrected chi connectivity index (χ1v) is 9.98. The number of anilines is 2. The molecule has 3 aromatic rings. The van der Waals surface area contributed by atoms with Gasteiger partial charge in [0.05, 0.1) is 18.2 Å². The Morgan fingerprint density at radius 3 is 2.45 bits per heavy atom. The number of rotatable bonds is 11. The zero-order valence-electron chi connectivity index (χ0n) is 17.2. The minimum Gasteiger partial charge on any atom is -0.457 e. The molecule has 0 radical (unpaired) electrons. The van der Waals surface area contributed by atoms with Gasteiger partial charge in [-0.2, -0.15) is 5.26 Å². The maximum Gasteiger partial charge on any atom is 0.207 e. The molecule has 7 heteroatoms. The van der Waals surface area contributed by atoms with Crippen molar-refractivity contribution in [3.63, 3.8) is 0 Å². The average molecular weight is 416 g/mol. The minimum atomic E-state index is -0.0649. The van der Waals surface area contributed by atoms with Gasteiger partial charge in [-0.1, -0.05) is 12.1 Å². The molecule has 1 unspecified atom stereocenters. The third-order valence-corrected chi connectivity index (χ3v) is 4.51. The standard InChI is InChI=1S/C24H24N4O3/c1-2-30-16-21(27-17-29)14-18-5-9-22(10-6-18)31-23-11-7-20(8-12-23)28-24-19(15-25)4-3-13-26-24/h3-13,17,21H,2,14,16H2,1H3,(H,26,28)(H,27,29). The van der Waals surface area contributed by atoms with E-state index in [0.29, 0.717) is 48.9 Å². The molecule has 0 bridgehead atoms. The van der Waals surface area contributed by atoms with E-state index in [0.717, 1.165) is 11.3 Å². The fraction of sp³-hybridized carbons (Fsp3) is 0.208. The van der Waals surface area contributed by atoms with Crippen LogP contribution in [0.15, 0.2) is 66.9 Å². The summed E-state index contributed by atoms with van der Waals surface area (Å²) in [5.74, 6) is 1.92. The van der Waals surface area contributed by atoms with Crippen molar-refractivity contribution < 1.29 is 14.3 Å². The second kappa shape index (κ2) is 11.3. The Balaban J connectivity index is 1.58. The van der Waals surface area contributed by atoms with Gasteiger partial charge < -0.3 is 20.1 Å². The molecule has 0 saturated carbocycles. The van der Waals surface area contributed by atoms with E-state index >= 15 is 0 Å². The second-order valence-electron chi connectivity index (χ2n) is 6.75. The Morgan fingerprint density at radius 1 is 1.10 bits per heavy atom. The van der Waals surface area contributed by atoms with E-state index in [2.05, 4.69) is 21.7 Å². The molecule has 0 saturated heterocycles. The summed E-state index contributed by atoms with van der Waals surface area (Å²) in [6.07, 6.45) is 3.02. The number of amides is 1. The maximum absolute atomic E-state index is 10.8. The minimum absolute atomic E-state index is 0.0649. The zero-order chi connectivity index (χ0) is 21.9. The van der Waals surface area contributed by atoms with E-state index in [-0.39, 0.29) is 6.04 Å². The predicted octanol–water partition coefficient (Wildman–Crippen LogP) is 4.18. The first-order valence-electron chi connectivity index (χ1n) is 9.98. The summed E-state index contributed by atoms with van der Waals surface area (Å²) >= 11 is 0. The summed E-state index contributed by atoms with van der Waals surface area (Å²) in [5, 5.41) is 15.1. The molecule has 158 valence electrons. The lowest BCUT2D eigenvalue weighted by Crippen LogP contribution is -2.34. The highest BCUT2D eigenvalue weighted by molar-refractivity contribution is 5.63. The quantitative estimate of drug-likeness (QED) is 0.455. The summed E-state index contributed by atoms with van der Waals surface area (Å²) in [6, 6.07) is 20.6. The molecule has 7 nitrogen and oxygen atoms in total. The van der Waals surface area contributed by atoms with Gasteiger partial charge in [0.1, 0.15) is 23.4 Å². The first-order chi connectivity index (χ1) is 15.2. The van der Waals surface area contributed by atoms with E-state index in [4.69, 9.17) is 14.7 Å². The van der Waals surface area contributed by atoms with E-state index in [9.17, 15) is 4.79 Å². The molecule has 2 N–H and O–H groups in total. The summed E-state index contributed by atoms with van der Waals surface area (Å²) < 4.78 is 11.3. The van der Waals surface area contributed by atoms with E-state index in [1.807, 2.05) is 55.5 Å². The third-order valence-electron chi connectivity index (χ3n) is 4.51. The third kappa shape index (κ3) is 6.56. The number of nitrogens with one attached hydrogen (secondary N) is 2. The van der Waals surface area contributed by atoms with Crippen LogP contribution in [0.25, 0.3) is 0 Å². The van der Waals surface area contributed by atoms with Crippen molar-refractivity contribution in [1.82, 2.24) is 10.3 Å². The van der Waals surface area contributed by atoms with E-state index < -0.39 is 0 Å². The molecule has 0 fully saturated rings. The zero-order valence-corrected chi connectivity index (χ0v) is 17.2. The molecule has 31 heavy (non-hydrogen) atoms. The number of hydrogen-bond acceptors (Lipinski definition) is 6. The molecule has 1 aromatic heterocycles. The van der Waals surface area contributed by atoms with Gasteiger partial charge >= 0.3 is 0 Å². The number of benzene rings is 2. The van der Waals surface area contributed by atoms with Crippen LogP contribution in [0.2, 0.25) is 0 Å². The van der Waals surface area contributed by atoms with Crippen molar-refractivity contribution in [3.05, 3.63) is 78.0 Å². The number of nitrogens with zero attached hydrogens (tertiary/aromatic N) is 2. The Kier molecular flexibility index (Phi) is 7.97. The Bertz CT molecular complexity index is 1010. The number of aromatic nitrogens is 1. The van der Waals surface area contributed by atoms with E-state index in [1.54, 1.807) is 18.3 Å². The van der Waals surface area contributed by atoms with Crippen molar-refractivity contribution in [2.24, 2.45) is 0 Å². The maximum atomic E-state index is 10.8. The average Bonchev–Trinajstić information content (AvgIpc) is 2.80. The van der Waals surface area contributed by atoms with Crippen LogP contribution in [0.1, 0.15) is 18.1 Å². The van der Waals surface area contributed by atoms with Gasteiger partial charge in [0.25, 0.3) is 0 Å². The van der Waals surface area contributed by atoms with Gasteiger partial charge in [-0.05, 0) is 67.4 Å². The van der Waals surface area contributed by atoms with Gasteiger partial charge in [-0.25, -0.2) is 4.98 Å². The number of carbonyl (C=O) groups excluding carboxylic acids is 1. The molecule has 3 rings (SSSR count). The molecule has 1 atom stereocenters. The lowest BCUT2D eigenvalue weighted by molar-refractivity contribution is -0.110. The Morgan fingerprint density at radius 2 is 1.81 bits per heavy atom. The molecule has 1 heterocycles. The molecular weight excluding hydrogens is 392 g/mol. The lowest BCUT2D eigenvalue weighted by Gasteiger charge is -2.16. The SMILES string of the molecule is CCOCC(Cc1ccc(Oc2ccc(Nc3ncccc3C#N)cc2)cc1)NC=O.